The standard InChI is InChI=1S/C12H15Br3O2/c1-8(3-4-16-2)17-12-10(14)5-9(7-13)6-11(12)15/h5-6,8H,3-4,7H2,1-2H3. The van der Waals surface area contributed by atoms with Crippen LogP contribution in [0.25, 0.3) is 0 Å². The van der Waals surface area contributed by atoms with E-state index >= 15 is 0 Å². The van der Waals surface area contributed by atoms with E-state index in [1.54, 1.807) is 7.11 Å². The van der Waals surface area contributed by atoms with Crippen molar-refractivity contribution in [3.8, 4) is 5.75 Å². The smallest absolute Gasteiger partial charge is 0.148 e. The van der Waals surface area contributed by atoms with Gasteiger partial charge >= 0.3 is 0 Å². The van der Waals surface area contributed by atoms with E-state index in [4.69, 9.17) is 9.47 Å². The fourth-order valence-electron chi connectivity index (χ4n) is 1.35. The quantitative estimate of drug-likeness (QED) is 0.597. The van der Waals surface area contributed by atoms with Gasteiger partial charge in [-0.05, 0) is 56.5 Å². The lowest BCUT2D eigenvalue weighted by atomic mass is 10.2. The van der Waals surface area contributed by atoms with Gasteiger partial charge in [-0.25, -0.2) is 0 Å². The molecule has 1 aromatic rings. The second kappa shape index (κ2) is 7.77. The third kappa shape index (κ3) is 4.89. The number of hydrogen-bond donors (Lipinski definition) is 0. The van der Waals surface area contributed by atoms with Crippen molar-refractivity contribution in [1.29, 1.82) is 0 Å². The molecule has 0 aliphatic heterocycles. The summed E-state index contributed by atoms with van der Waals surface area (Å²) < 4.78 is 12.9. The number of benzene rings is 1. The van der Waals surface area contributed by atoms with E-state index in [-0.39, 0.29) is 6.10 Å². The number of methoxy groups -OCH3 is 1. The maximum Gasteiger partial charge on any atom is 0.148 e. The van der Waals surface area contributed by atoms with Crippen LogP contribution in [-0.2, 0) is 10.1 Å². The molecule has 17 heavy (non-hydrogen) atoms. The van der Waals surface area contributed by atoms with Gasteiger partial charge in [-0.2, -0.15) is 0 Å². The number of alkyl halides is 1. The SMILES string of the molecule is COCCC(C)Oc1c(Br)cc(CBr)cc1Br. The predicted octanol–water partition coefficient (Wildman–Crippen LogP) is 4.91. The van der Waals surface area contributed by atoms with E-state index < -0.39 is 0 Å². The minimum Gasteiger partial charge on any atom is -0.488 e. The fourth-order valence-corrected chi connectivity index (χ4v) is 3.14. The molecule has 0 bridgehead atoms. The molecule has 0 aromatic heterocycles. The van der Waals surface area contributed by atoms with Crippen LogP contribution in [0.15, 0.2) is 21.1 Å². The van der Waals surface area contributed by atoms with E-state index in [1.807, 2.05) is 6.92 Å². The molecule has 2 nitrogen and oxygen atoms in total. The number of hydrogen-bond acceptors (Lipinski definition) is 2. The van der Waals surface area contributed by atoms with E-state index in [9.17, 15) is 0 Å². The van der Waals surface area contributed by atoms with Crippen LogP contribution in [0, 0.1) is 0 Å². The summed E-state index contributed by atoms with van der Waals surface area (Å²) in [5.74, 6) is 0.846. The molecule has 0 N–H and O–H groups in total. The first-order chi connectivity index (χ1) is 8.08. The molecule has 1 rings (SSSR count). The summed E-state index contributed by atoms with van der Waals surface area (Å²) in [5, 5.41) is 0.823. The van der Waals surface area contributed by atoms with Crippen LogP contribution < -0.4 is 4.74 Å². The minimum atomic E-state index is 0.123. The zero-order chi connectivity index (χ0) is 12.8. The summed E-state index contributed by atoms with van der Waals surface area (Å²) in [6, 6.07) is 4.11. The summed E-state index contributed by atoms with van der Waals surface area (Å²) in [6.45, 7) is 2.74. The fraction of sp³-hybridized carbons (Fsp3) is 0.500. The molecule has 0 amide bonds. The van der Waals surface area contributed by atoms with E-state index in [1.165, 1.54) is 5.56 Å². The normalized spacial score (nSPS) is 12.5. The Bertz CT molecular complexity index is 346. The molecule has 0 aliphatic carbocycles. The predicted molar refractivity (Wildman–Crippen MR) is 81.1 cm³/mol. The van der Waals surface area contributed by atoms with Gasteiger partial charge in [0.15, 0.2) is 0 Å². The van der Waals surface area contributed by atoms with Crippen molar-refractivity contribution in [2.24, 2.45) is 0 Å². The Labute approximate surface area is 127 Å². The Kier molecular flexibility index (Phi) is 7.07. The highest BCUT2D eigenvalue weighted by atomic mass is 79.9. The van der Waals surface area contributed by atoms with Crippen LogP contribution in [0.4, 0.5) is 0 Å². The van der Waals surface area contributed by atoms with E-state index in [0.29, 0.717) is 6.61 Å². The Hall–Kier alpha value is 0.420. The van der Waals surface area contributed by atoms with Crippen LogP contribution in [0.3, 0.4) is 0 Å². The van der Waals surface area contributed by atoms with Gasteiger partial charge in [0.2, 0.25) is 0 Å². The molecule has 5 heteroatoms. The second-order valence-electron chi connectivity index (χ2n) is 3.73. The summed E-state index contributed by atoms with van der Waals surface area (Å²) in [5.41, 5.74) is 1.20. The maximum absolute atomic E-state index is 5.89. The molecule has 0 saturated heterocycles. The second-order valence-corrected chi connectivity index (χ2v) is 6.00. The van der Waals surface area contributed by atoms with Gasteiger partial charge < -0.3 is 9.47 Å². The van der Waals surface area contributed by atoms with Crippen molar-refractivity contribution < 1.29 is 9.47 Å². The van der Waals surface area contributed by atoms with Crippen LogP contribution >= 0.6 is 47.8 Å². The first-order valence-corrected chi connectivity index (χ1v) is 7.98. The van der Waals surface area contributed by atoms with Gasteiger partial charge in [0.05, 0.1) is 15.0 Å². The summed E-state index contributed by atoms with van der Waals surface area (Å²) >= 11 is 10.5. The van der Waals surface area contributed by atoms with E-state index in [2.05, 4.69) is 59.9 Å². The largest absolute Gasteiger partial charge is 0.488 e. The third-order valence-corrected chi connectivity index (χ3v) is 4.09. The Morgan fingerprint density at radius 3 is 2.29 bits per heavy atom. The lowest BCUT2D eigenvalue weighted by Crippen LogP contribution is -2.14. The molecule has 0 aliphatic rings. The van der Waals surface area contributed by atoms with Crippen molar-refractivity contribution in [3.05, 3.63) is 26.6 Å². The molecule has 0 spiro atoms. The molecule has 0 radical (unpaired) electrons. The van der Waals surface area contributed by atoms with Crippen molar-refractivity contribution in [3.63, 3.8) is 0 Å². The Balaban J connectivity index is 2.77. The first-order valence-electron chi connectivity index (χ1n) is 5.28. The number of ether oxygens (including phenoxy) is 2. The van der Waals surface area contributed by atoms with Crippen LogP contribution in [-0.4, -0.2) is 19.8 Å². The van der Waals surface area contributed by atoms with Crippen LogP contribution in [0.1, 0.15) is 18.9 Å². The van der Waals surface area contributed by atoms with Crippen molar-refractivity contribution in [1.82, 2.24) is 0 Å². The lowest BCUT2D eigenvalue weighted by molar-refractivity contribution is 0.134. The molecule has 96 valence electrons. The van der Waals surface area contributed by atoms with E-state index in [0.717, 1.165) is 26.4 Å². The molecule has 0 saturated carbocycles. The molecule has 1 unspecified atom stereocenters. The topological polar surface area (TPSA) is 18.5 Å². The highest BCUT2D eigenvalue weighted by molar-refractivity contribution is 9.11. The zero-order valence-electron chi connectivity index (χ0n) is 9.80. The molecule has 0 fully saturated rings. The molecule has 0 heterocycles. The Morgan fingerprint density at radius 2 is 1.82 bits per heavy atom. The lowest BCUT2D eigenvalue weighted by Gasteiger charge is -2.17. The highest BCUT2D eigenvalue weighted by Gasteiger charge is 2.12. The highest BCUT2D eigenvalue weighted by Crippen LogP contribution is 2.36. The van der Waals surface area contributed by atoms with Gasteiger partial charge in [0, 0.05) is 25.5 Å². The third-order valence-electron chi connectivity index (χ3n) is 2.26. The number of halogens is 3. The summed E-state index contributed by atoms with van der Waals surface area (Å²) in [7, 11) is 1.70. The van der Waals surface area contributed by atoms with Gasteiger partial charge in [0.25, 0.3) is 0 Å². The first kappa shape index (κ1) is 15.5. The molecular weight excluding hydrogens is 416 g/mol. The Morgan fingerprint density at radius 1 is 1.24 bits per heavy atom. The summed E-state index contributed by atoms with van der Waals surface area (Å²) in [6.07, 6.45) is 0.993. The van der Waals surface area contributed by atoms with Gasteiger partial charge in [-0.15, -0.1) is 0 Å². The monoisotopic (exact) mass is 428 g/mol. The summed E-state index contributed by atoms with van der Waals surface area (Å²) in [4.78, 5) is 0. The molecule has 1 aromatic carbocycles. The van der Waals surface area contributed by atoms with Crippen molar-refractivity contribution in [2.75, 3.05) is 13.7 Å². The zero-order valence-corrected chi connectivity index (χ0v) is 14.6. The van der Waals surface area contributed by atoms with Crippen molar-refractivity contribution >= 4 is 47.8 Å². The number of rotatable bonds is 6. The molecular formula is C12H15Br3O2. The van der Waals surface area contributed by atoms with Gasteiger partial charge in [-0.1, -0.05) is 15.9 Å². The van der Waals surface area contributed by atoms with Gasteiger partial charge in [0.1, 0.15) is 5.75 Å². The average Bonchev–Trinajstić information content (AvgIpc) is 2.30. The molecule has 1 atom stereocenters. The maximum atomic E-state index is 5.89. The average molecular weight is 431 g/mol. The van der Waals surface area contributed by atoms with Crippen molar-refractivity contribution in [2.45, 2.75) is 24.8 Å². The minimum absolute atomic E-state index is 0.123. The van der Waals surface area contributed by atoms with Crippen LogP contribution in [0.5, 0.6) is 5.75 Å². The van der Waals surface area contributed by atoms with Crippen LogP contribution in [0.2, 0.25) is 0 Å². The van der Waals surface area contributed by atoms with Gasteiger partial charge in [-0.3, -0.25) is 0 Å².